The van der Waals surface area contributed by atoms with Crippen LogP contribution in [0.5, 0.6) is 11.5 Å². The molecule has 0 aliphatic rings. The topological polar surface area (TPSA) is 35.5 Å². The Labute approximate surface area is 178 Å². The van der Waals surface area contributed by atoms with Gasteiger partial charge in [-0.1, -0.05) is 55.8 Å². The van der Waals surface area contributed by atoms with Gasteiger partial charge >= 0.3 is 5.97 Å². The molecule has 2 aromatic rings. The lowest BCUT2D eigenvalue weighted by Gasteiger charge is -2.12. The first-order chi connectivity index (χ1) is 12.5. The van der Waals surface area contributed by atoms with Crippen LogP contribution in [0.2, 0.25) is 10.0 Å². The third-order valence-corrected chi connectivity index (χ3v) is 5.03. The molecule has 3 nitrogen and oxygen atoms in total. The van der Waals surface area contributed by atoms with Gasteiger partial charge in [-0.25, -0.2) is 4.79 Å². The highest BCUT2D eigenvalue weighted by Crippen LogP contribution is 2.34. The van der Waals surface area contributed by atoms with Gasteiger partial charge in [0, 0.05) is 3.57 Å². The van der Waals surface area contributed by atoms with Gasteiger partial charge in [-0.15, -0.1) is 0 Å². The molecule has 0 saturated heterocycles. The Morgan fingerprint density at radius 1 is 1.00 bits per heavy atom. The fourth-order valence-electron chi connectivity index (χ4n) is 2.36. The minimum Gasteiger partial charge on any atom is -0.490 e. The molecule has 0 aliphatic carbocycles. The van der Waals surface area contributed by atoms with E-state index >= 15 is 0 Å². The molecular formula is C20H21Cl2IO3. The van der Waals surface area contributed by atoms with Crippen LogP contribution >= 0.6 is 45.8 Å². The van der Waals surface area contributed by atoms with E-state index in [1.165, 1.54) is 31.4 Å². The molecule has 140 valence electrons. The summed E-state index contributed by atoms with van der Waals surface area (Å²) < 4.78 is 12.1. The molecule has 0 bridgehead atoms. The van der Waals surface area contributed by atoms with Crippen molar-refractivity contribution >= 4 is 51.8 Å². The first-order valence-electron chi connectivity index (χ1n) is 8.61. The second kappa shape index (κ2) is 11.0. The van der Waals surface area contributed by atoms with Gasteiger partial charge in [0.25, 0.3) is 0 Å². The van der Waals surface area contributed by atoms with Crippen LogP contribution in [0.3, 0.4) is 0 Å². The molecule has 0 radical (unpaired) electrons. The van der Waals surface area contributed by atoms with E-state index in [4.69, 9.17) is 32.7 Å². The highest BCUT2D eigenvalue weighted by atomic mass is 127. The molecule has 0 unspecified atom stereocenters. The molecule has 6 heteroatoms. The lowest BCUT2D eigenvalue weighted by Crippen LogP contribution is -2.09. The maximum Gasteiger partial charge on any atom is 0.343 e. The van der Waals surface area contributed by atoms with Gasteiger partial charge in [0.1, 0.15) is 5.75 Å². The summed E-state index contributed by atoms with van der Waals surface area (Å²) in [7, 11) is 0. The molecule has 2 aromatic carbocycles. The Morgan fingerprint density at radius 2 is 1.62 bits per heavy atom. The maximum absolute atomic E-state index is 12.3. The number of halogens is 3. The van der Waals surface area contributed by atoms with Gasteiger partial charge in [0.05, 0.1) is 22.2 Å². The fourth-order valence-corrected chi connectivity index (χ4v) is 3.32. The van der Waals surface area contributed by atoms with E-state index in [2.05, 4.69) is 29.5 Å². The maximum atomic E-state index is 12.3. The van der Waals surface area contributed by atoms with Crippen LogP contribution in [0.15, 0.2) is 36.4 Å². The zero-order valence-electron chi connectivity index (χ0n) is 14.6. The fraction of sp³-hybridized carbons (Fsp3) is 0.350. The molecule has 0 heterocycles. The van der Waals surface area contributed by atoms with Gasteiger partial charge in [0.15, 0.2) is 5.75 Å². The Kier molecular flexibility index (Phi) is 9.02. The average Bonchev–Trinajstić information content (AvgIpc) is 2.61. The molecule has 0 aliphatic heterocycles. The van der Waals surface area contributed by atoms with Crippen molar-refractivity contribution in [3.8, 4) is 11.5 Å². The normalized spacial score (nSPS) is 10.6. The number of carbonyl (C=O) groups is 1. The monoisotopic (exact) mass is 506 g/mol. The SMILES string of the molecule is CCCCCCCOc1c(Cl)cc(C(=O)Oc2ccc(I)cc2)cc1Cl. The number of unbranched alkanes of at least 4 members (excludes halogenated alkanes) is 4. The number of ether oxygens (including phenoxy) is 2. The summed E-state index contributed by atoms with van der Waals surface area (Å²) in [5.74, 6) is 0.367. The summed E-state index contributed by atoms with van der Waals surface area (Å²) in [6.45, 7) is 2.73. The zero-order valence-corrected chi connectivity index (χ0v) is 18.2. The largest absolute Gasteiger partial charge is 0.490 e. The summed E-state index contributed by atoms with van der Waals surface area (Å²) in [4.78, 5) is 12.3. The molecular weight excluding hydrogens is 486 g/mol. The molecule has 26 heavy (non-hydrogen) atoms. The number of rotatable bonds is 9. The minimum atomic E-state index is -0.513. The smallest absolute Gasteiger partial charge is 0.343 e. The second-order valence-electron chi connectivity index (χ2n) is 5.88. The van der Waals surface area contributed by atoms with E-state index in [0.29, 0.717) is 28.2 Å². The van der Waals surface area contributed by atoms with Gasteiger partial charge in [-0.05, 0) is 65.4 Å². The zero-order chi connectivity index (χ0) is 18.9. The number of carbonyl (C=O) groups excluding carboxylic acids is 1. The number of hydrogen-bond donors (Lipinski definition) is 0. The van der Waals surface area contributed by atoms with Crippen LogP contribution in [-0.2, 0) is 0 Å². The number of hydrogen-bond acceptors (Lipinski definition) is 3. The molecule has 0 amide bonds. The van der Waals surface area contributed by atoms with Gasteiger partial charge in [-0.3, -0.25) is 0 Å². The average molecular weight is 507 g/mol. The van der Waals surface area contributed by atoms with E-state index in [9.17, 15) is 4.79 Å². The van der Waals surface area contributed by atoms with Crippen molar-refractivity contribution in [2.45, 2.75) is 39.0 Å². The van der Waals surface area contributed by atoms with Crippen molar-refractivity contribution in [1.29, 1.82) is 0 Å². The van der Waals surface area contributed by atoms with Crippen molar-refractivity contribution in [1.82, 2.24) is 0 Å². The third kappa shape index (κ3) is 6.63. The molecule has 0 spiro atoms. The standard InChI is InChI=1S/C20H21Cl2IO3/c1-2-3-4-5-6-11-25-19-17(21)12-14(13-18(19)22)20(24)26-16-9-7-15(23)8-10-16/h7-10,12-13H,2-6,11H2,1H3. The molecule has 2 rings (SSSR count). The van der Waals surface area contributed by atoms with Crippen molar-refractivity contribution in [2.75, 3.05) is 6.61 Å². The summed E-state index contributed by atoms with van der Waals surface area (Å²) in [6.07, 6.45) is 5.70. The van der Waals surface area contributed by atoms with E-state index < -0.39 is 5.97 Å². The van der Waals surface area contributed by atoms with Crippen LogP contribution in [-0.4, -0.2) is 12.6 Å². The Hall–Kier alpha value is -0.980. The second-order valence-corrected chi connectivity index (χ2v) is 7.94. The third-order valence-electron chi connectivity index (χ3n) is 3.75. The van der Waals surface area contributed by atoms with Crippen molar-refractivity contribution < 1.29 is 14.3 Å². The molecule has 0 saturated carbocycles. The lowest BCUT2D eigenvalue weighted by atomic mass is 10.2. The van der Waals surface area contributed by atoms with Crippen LogP contribution in [0.4, 0.5) is 0 Å². The quantitative estimate of drug-likeness (QED) is 0.156. The number of benzene rings is 2. The number of esters is 1. The summed E-state index contributed by atoms with van der Waals surface area (Å²) >= 11 is 14.7. The molecule has 0 N–H and O–H groups in total. The van der Waals surface area contributed by atoms with Crippen LogP contribution in [0, 0.1) is 3.57 Å². The van der Waals surface area contributed by atoms with Crippen molar-refractivity contribution in [3.63, 3.8) is 0 Å². The summed E-state index contributed by atoms with van der Waals surface area (Å²) in [6, 6.07) is 10.2. The lowest BCUT2D eigenvalue weighted by molar-refractivity contribution is 0.0734. The Bertz CT molecular complexity index is 709. The summed E-state index contributed by atoms with van der Waals surface area (Å²) in [5.41, 5.74) is 0.286. The van der Waals surface area contributed by atoms with E-state index in [1.54, 1.807) is 12.1 Å². The van der Waals surface area contributed by atoms with E-state index in [-0.39, 0.29) is 5.56 Å². The highest BCUT2D eigenvalue weighted by molar-refractivity contribution is 14.1. The van der Waals surface area contributed by atoms with E-state index in [0.717, 1.165) is 16.4 Å². The van der Waals surface area contributed by atoms with Gasteiger partial charge in [-0.2, -0.15) is 0 Å². The first kappa shape index (κ1) is 21.3. The minimum absolute atomic E-state index is 0.286. The predicted molar refractivity (Wildman–Crippen MR) is 115 cm³/mol. The van der Waals surface area contributed by atoms with Crippen LogP contribution in [0.25, 0.3) is 0 Å². The molecule has 0 fully saturated rings. The predicted octanol–water partition coefficient (Wildman–Crippen LogP) is 7.17. The Balaban J connectivity index is 1.96. The van der Waals surface area contributed by atoms with Crippen molar-refractivity contribution in [3.05, 3.63) is 55.6 Å². The first-order valence-corrected chi connectivity index (χ1v) is 10.4. The van der Waals surface area contributed by atoms with Crippen LogP contribution < -0.4 is 9.47 Å². The van der Waals surface area contributed by atoms with Crippen molar-refractivity contribution in [2.24, 2.45) is 0 Å². The van der Waals surface area contributed by atoms with E-state index in [1.807, 2.05) is 12.1 Å². The van der Waals surface area contributed by atoms with Gasteiger partial charge in [0.2, 0.25) is 0 Å². The molecule has 0 atom stereocenters. The van der Waals surface area contributed by atoms with Crippen LogP contribution in [0.1, 0.15) is 49.4 Å². The Morgan fingerprint density at radius 3 is 2.23 bits per heavy atom. The highest BCUT2D eigenvalue weighted by Gasteiger charge is 2.16. The molecule has 0 aromatic heterocycles. The van der Waals surface area contributed by atoms with Gasteiger partial charge < -0.3 is 9.47 Å². The summed E-state index contributed by atoms with van der Waals surface area (Å²) in [5, 5.41) is 0.612.